The van der Waals surface area contributed by atoms with E-state index in [0.717, 1.165) is 19.3 Å². The highest BCUT2D eigenvalue weighted by Crippen LogP contribution is 2.49. The summed E-state index contributed by atoms with van der Waals surface area (Å²) in [5.74, 6) is 0. The predicted octanol–water partition coefficient (Wildman–Crippen LogP) is 2.97. The van der Waals surface area contributed by atoms with Crippen LogP contribution in [0.25, 0.3) is 0 Å². The van der Waals surface area contributed by atoms with E-state index in [2.05, 4.69) is 5.32 Å². The first kappa shape index (κ1) is 14.1. The van der Waals surface area contributed by atoms with Crippen LogP contribution in [0.2, 0.25) is 0 Å². The molecule has 2 fully saturated rings. The van der Waals surface area contributed by atoms with Gasteiger partial charge in [-0.15, -0.1) is 0 Å². The first-order valence-electron chi connectivity index (χ1n) is 6.95. The minimum absolute atomic E-state index is 0.0902. The number of halogens is 3. The topological polar surface area (TPSA) is 38.0 Å². The molecule has 0 aromatic heterocycles. The second kappa shape index (κ2) is 5.00. The summed E-state index contributed by atoms with van der Waals surface area (Å²) in [4.78, 5) is 0. The van der Waals surface area contributed by atoms with Gasteiger partial charge >= 0.3 is 6.18 Å². The van der Waals surface area contributed by atoms with Crippen molar-refractivity contribution in [2.75, 3.05) is 13.1 Å². The molecule has 0 saturated heterocycles. The molecule has 106 valence electrons. The number of alkyl halides is 3. The molecular weight excluding hydrogens is 241 g/mol. The average molecular weight is 264 g/mol. The van der Waals surface area contributed by atoms with Crippen LogP contribution in [0.3, 0.4) is 0 Å². The summed E-state index contributed by atoms with van der Waals surface area (Å²) in [5, 5.41) is 2.74. The van der Waals surface area contributed by atoms with E-state index in [1.165, 1.54) is 19.3 Å². The van der Waals surface area contributed by atoms with Crippen molar-refractivity contribution in [2.45, 2.75) is 63.1 Å². The van der Waals surface area contributed by atoms with Gasteiger partial charge in [0.15, 0.2) is 0 Å². The third-order valence-electron chi connectivity index (χ3n) is 4.76. The fraction of sp³-hybridized carbons (Fsp3) is 1.00. The molecule has 2 nitrogen and oxygen atoms in total. The summed E-state index contributed by atoms with van der Waals surface area (Å²) < 4.78 is 38.3. The lowest BCUT2D eigenvalue weighted by Gasteiger charge is -2.37. The van der Waals surface area contributed by atoms with Gasteiger partial charge in [0, 0.05) is 0 Å². The van der Waals surface area contributed by atoms with E-state index < -0.39 is 11.7 Å². The van der Waals surface area contributed by atoms with Gasteiger partial charge in [0.25, 0.3) is 0 Å². The highest BCUT2D eigenvalue weighted by atomic mass is 19.4. The molecule has 0 atom stereocenters. The molecule has 2 rings (SSSR count). The van der Waals surface area contributed by atoms with Crippen LogP contribution in [0, 0.1) is 5.41 Å². The molecule has 3 N–H and O–H groups in total. The average Bonchev–Trinajstić information content (AvgIpc) is 3.11. The minimum atomic E-state index is -4.10. The molecule has 18 heavy (non-hydrogen) atoms. The second-order valence-electron chi connectivity index (χ2n) is 6.02. The molecule has 0 unspecified atom stereocenters. The fourth-order valence-electron chi connectivity index (χ4n) is 3.11. The quantitative estimate of drug-likeness (QED) is 0.801. The Morgan fingerprint density at radius 3 is 2.06 bits per heavy atom. The Morgan fingerprint density at radius 2 is 1.61 bits per heavy atom. The van der Waals surface area contributed by atoms with E-state index in [4.69, 9.17) is 5.73 Å². The van der Waals surface area contributed by atoms with Crippen LogP contribution in [0.4, 0.5) is 13.2 Å². The molecule has 5 heteroatoms. The molecule has 0 amide bonds. The van der Waals surface area contributed by atoms with E-state index in [9.17, 15) is 13.2 Å². The third-order valence-corrected chi connectivity index (χ3v) is 4.76. The van der Waals surface area contributed by atoms with E-state index in [1.54, 1.807) is 0 Å². The largest absolute Gasteiger partial charge is 0.406 e. The molecule has 0 aliphatic heterocycles. The Labute approximate surface area is 106 Å². The predicted molar refractivity (Wildman–Crippen MR) is 65.2 cm³/mol. The van der Waals surface area contributed by atoms with Crippen LogP contribution < -0.4 is 11.1 Å². The normalized spacial score (nSPS) is 26.0. The maximum Gasteiger partial charge on any atom is 0.406 e. The Balaban J connectivity index is 1.81. The van der Waals surface area contributed by atoms with Gasteiger partial charge in [-0.05, 0) is 50.6 Å². The van der Waals surface area contributed by atoms with Gasteiger partial charge in [0.2, 0.25) is 0 Å². The maximum absolute atomic E-state index is 12.8. The standard InChI is InChI=1S/C13H23F3N2/c14-13(15,16)12(6-7-12)18-9-8-11(10-17)4-2-1-3-5-11/h18H,1-10,17H2. The summed E-state index contributed by atoms with van der Waals surface area (Å²) >= 11 is 0. The molecule has 0 spiro atoms. The lowest BCUT2D eigenvalue weighted by Crippen LogP contribution is -2.47. The zero-order valence-electron chi connectivity index (χ0n) is 10.8. The lowest BCUT2D eigenvalue weighted by molar-refractivity contribution is -0.166. The summed E-state index contributed by atoms with van der Waals surface area (Å²) in [7, 11) is 0. The van der Waals surface area contributed by atoms with Gasteiger partial charge in [-0.2, -0.15) is 13.2 Å². The molecule has 0 radical (unpaired) electrons. The fourth-order valence-corrected chi connectivity index (χ4v) is 3.11. The van der Waals surface area contributed by atoms with E-state index >= 15 is 0 Å². The Bertz CT molecular complexity index is 278. The van der Waals surface area contributed by atoms with Crippen LogP contribution in [0.15, 0.2) is 0 Å². The van der Waals surface area contributed by atoms with Gasteiger partial charge in [-0.25, -0.2) is 0 Å². The summed E-state index contributed by atoms with van der Waals surface area (Å²) in [5.41, 5.74) is 4.36. The zero-order valence-corrected chi connectivity index (χ0v) is 10.8. The number of rotatable bonds is 5. The van der Waals surface area contributed by atoms with Gasteiger partial charge < -0.3 is 11.1 Å². The van der Waals surface area contributed by atoms with Gasteiger partial charge in [0.1, 0.15) is 5.54 Å². The van der Waals surface area contributed by atoms with Crippen molar-refractivity contribution in [3.05, 3.63) is 0 Å². The Kier molecular flexibility index (Phi) is 3.93. The summed E-state index contributed by atoms with van der Waals surface area (Å²) in [6, 6.07) is 0. The van der Waals surface area contributed by atoms with Crippen LogP contribution in [-0.2, 0) is 0 Å². The lowest BCUT2D eigenvalue weighted by atomic mass is 9.72. The SMILES string of the molecule is NCC1(CCNC2(C(F)(F)F)CC2)CCCCC1. The van der Waals surface area contributed by atoms with Crippen molar-refractivity contribution >= 4 is 0 Å². The highest BCUT2D eigenvalue weighted by molar-refractivity contribution is 5.08. The molecule has 0 aromatic carbocycles. The van der Waals surface area contributed by atoms with E-state index in [1.807, 2.05) is 0 Å². The van der Waals surface area contributed by atoms with Crippen molar-refractivity contribution < 1.29 is 13.2 Å². The third kappa shape index (κ3) is 2.82. The summed E-state index contributed by atoms with van der Waals surface area (Å²) in [6.07, 6.45) is 2.86. The smallest absolute Gasteiger partial charge is 0.330 e. The number of hydrogen-bond acceptors (Lipinski definition) is 2. The molecule has 2 saturated carbocycles. The van der Waals surface area contributed by atoms with Crippen molar-refractivity contribution in [3.8, 4) is 0 Å². The first-order valence-corrected chi connectivity index (χ1v) is 6.95. The van der Waals surface area contributed by atoms with Crippen LogP contribution >= 0.6 is 0 Å². The first-order chi connectivity index (χ1) is 8.43. The van der Waals surface area contributed by atoms with Crippen LogP contribution in [0.5, 0.6) is 0 Å². The number of nitrogens with two attached hydrogens (primary N) is 1. The molecule has 0 bridgehead atoms. The van der Waals surface area contributed by atoms with E-state index in [0.29, 0.717) is 13.1 Å². The molecule has 2 aliphatic carbocycles. The van der Waals surface area contributed by atoms with E-state index in [-0.39, 0.29) is 18.3 Å². The van der Waals surface area contributed by atoms with Crippen molar-refractivity contribution in [3.63, 3.8) is 0 Å². The zero-order chi connectivity index (χ0) is 13.3. The van der Waals surface area contributed by atoms with Gasteiger partial charge in [-0.1, -0.05) is 19.3 Å². The Morgan fingerprint density at radius 1 is 1.00 bits per heavy atom. The monoisotopic (exact) mass is 264 g/mol. The molecular formula is C13H23F3N2. The maximum atomic E-state index is 12.8. The van der Waals surface area contributed by atoms with Crippen LogP contribution in [-0.4, -0.2) is 24.8 Å². The molecule has 0 aromatic rings. The van der Waals surface area contributed by atoms with Crippen molar-refractivity contribution in [2.24, 2.45) is 11.1 Å². The van der Waals surface area contributed by atoms with Gasteiger partial charge in [-0.3, -0.25) is 0 Å². The number of nitrogens with one attached hydrogen (secondary N) is 1. The van der Waals surface area contributed by atoms with Crippen molar-refractivity contribution in [1.29, 1.82) is 0 Å². The van der Waals surface area contributed by atoms with Crippen LogP contribution in [0.1, 0.15) is 51.4 Å². The second-order valence-corrected chi connectivity index (χ2v) is 6.02. The minimum Gasteiger partial charge on any atom is -0.330 e. The summed E-state index contributed by atoms with van der Waals surface area (Å²) in [6.45, 7) is 1.05. The van der Waals surface area contributed by atoms with Gasteiger partial charge in [0.05, 0.1) is 0 Å². The molecule has 0 heterocycles. The highest BCUT2D eigenvalue weighted by Gasteiger charge is 2.62. The van der Waals surface area contributed by atoms with Crippen molar-refractivity contribution in [1.82, 2.24) is 5.32 Å². The Hall–Kier alpha value is -0.290. The number of hydrogen-bond donors (Lipinski definition) is 2. The molecule has 2 aliphatic rings.